The summed E-state index contributed by atoms with van der Waals surface area (Å²) in [6.45, 7) is 4.00. The van der Waals surface area contributed by atoms with Gasteiger partial charge in [0, 0.05) is 19.3 Å². The molecule has 0 fully saturated rings. The molecule has 0 radical (unpaired) electrons. The number of sulfonamides is 1. The molecule has 1 aromatic heterocycles. The van der Waals surface area contributed by atoms with Crippen LogP contribution in [0.25, 0.3) is 0 Å². The van der Waals surface area contributed by atoms with Gasteiger partial charge in [-0.2, -0.15) is 4.31 Å². The second-order valence-electron chi connectivity index (χ2n) is 5.24. The van der Waals surface area contributed by atoms with E-state index in [0.29, 0.717) is 10.9 Å². The number of benzene rings is 1. The van der Waals surface area contributed by atoms with Crippen molar-refractivity contribution in [1.29, 1.82) is 0 Å². The van der Waals surface area contributed by atoms with Crippen LogP contribution in [0.3, 0.4) is 0 Å². The molecule has 130 valence electrons. The summed E-state index contributed by atoms with van der Waals surface area (Å²) in [6.07, 6.45) is 0. The molecule has 0 aliphatic heterocycles. The highest BCUT2D eigenvalue weighted by Crippen LogP contribution is 2.28. The second-order valence-corrected chi connectivity index (χ2v) is 9.23. The first kappa shape index (κ1) is 18.9. The predicted molar refractivity (Wildman–Crippen MR) is 98.4 cm³/mol. The maximum atomic E-state index is 12.6. The summed E-state index contributed by atoms with van der Waals surface area (Å²) in [4.78, 5) is 14.2. The van der Waals surface area contributed by atoms with Gasteiger partial charge in [0.1, 0.15) is 4.21 Å². The van der Waals surface area contributed by atoms with E-state index in [1.165, 1.54) is 19.2 Å². The quantitative estimate of drug-likeness (QED) is 0.764. The largest absolute Gasteiger partial charge is 0.311 e. The molecule has 0 saturated heterocycles. The number of anilines is 1. The molecule has 0 N–H and O–H groups in total. The monoisotopic (exact) mass is 386 g/mol. The summed E-state index contributed by atoms with van der Waals surface area (Å²) in [7, 11) is -2.33. The fourth-order valence-corrected chi connectivity index (χ4v) is 5.11. The Labute approximate surface area is 151 Å². The number of halogens is 1. The van der Waals surface area contributed by atoms with E-state index in [2.05, 4.69) is 0 Å². The Morgan fingerprint density at radius 3 is 2.42 bits per heavy atom. The van der Waals surface area contributed by atoms with Crippen LogP contribution in [-0.4, -0.2) is 38.8 Å². The maximum Gasteiger partial charge on any atom is 0.252 e. The molecule has 1 aromatic carbocycles. The number of hydrogen-bond donors (Lipinski definition) is 0. The van der Waals surface area contributed by atoms with Crippen molar-refractivity contribution in [3.63, 3.8) is 0 Å². The first-order valence-electron chi connectivity index (χ1n) is 7.35. The lowest BCUT2D eigenvalue weighted by Gasteiger charge is -2.25. The van der Waals surface area contributed by atoms with Crippen LogP contribution >= 0.6 is 22.9 Å². The molecule has 0 aliphatic rings. The van der Waals surface area contributed by atoms with E-state index in [4.69, 9.17) is 11.6 Å². The van der Waals surface area contributed by atoms with Crippen molar-refractivity contribution in [2.45, 2.75) is 18.1 Å². The summed E-state index contributed by atoms with van der Waals surface area (Å²) in [5.41, 5.74) is 1.75. The number of carbonyl (C=O) groups excluding carboxylic acids is 1. The van der Waals surface area contributed by atoms with Crippen molar-refractivity contribution >= 4 is 44.6 Å². The van der Waals surface area contributed by atoms with E-state index in [0.717, 1.165) is 26.9 Å². The highest BCUT2D eigenvalue weighted by Gasteiger charge is 2.27. The molecular weight excluding hydrogens is 368 g/mol. The number of para-hydroxylation sites is 1. The first-order chi connectivity index (χ1) is 11.3. The number of rotatable bonds is 6. The summed E-state index contributed by atoms with van der Waals surface area (Å²) in [6, 6.07) is 10.5. The van der Waals surface area contributed by atoms with Crippen molar-refractivity contribution in [3.05, 3.63) is 46.3 Å². The van der Waals surface area contributed by atoms with Crippen LogP contribution in [0.5, 0.6) is 0 Å². The van der Waals surface area contributed by atoms with Crippen LogP contribution in [0.2, 0.25) is 4.34 Å². The summed E-state index contributed by atoms with van der Waals surface area (Å²) >= 11 is 6.78. The van der Waals surface area contributed by atoms with Crippen molar-refractivity contribution in [1.82, 2.24) is 4.31 Å². The van der Waals surface area contributed by atoms with Crippen LogP contribution in [0, 0.1) is 6.92 Å². The number of hydrogen-bond acceptors (Lipinski definition) is 4. The van der Waals surface area contributed by atoms with Crippen molar-refractivity contribution < 1.29 is 13.2 Å². The standard InChI is InChI=1S/C16H19ClN2O3S2/c1-4-19(13-8-6-5-7-12(13)2)15(20)11-18(3)24(21,22)16-10-9-14(17)23-16/h5-10H,4,11H2,1-3H3. The molecule has 0 saturated carbocycles. The van der Waals surface area contributed by atoms with E-state index in [1.807, 2.05) is 38.1 Å². The lowest BCUT2D eigenvalue weighted by molar-refractivity contribution is -0.118. The molecule has 0 bridgehead atoms. The normalized spacial score (nSPS) is 11.7. The Kier molecular flexibility index (Phi) is 6.03. The third-order valence-electron chi connectivity index (χ3n) is 3.59. The summed E-state index contributed by atoms with van der Waals surface area (Å²) in [5.74, 6) is -0.277. The van der Waals surface area contributed by atoms with Crippen LogP contribution in [0.15, 0.2) is 40.6 Å². The van der Waals surface area contributed by atoms with E-state index in [9.17, 15) is 13.2 Å². The van der Waals surface area contributed by atoms with Crippen LogP contribution in [0.4, 0.5) is 5.69 Å². The minimum Gasteiger partial charge on any atom is -0.311 e. The second kappa shape index (κ2) is 7.65. The minimum atomic E-state index is -3.73. The summed E-state index contributed by atoms with van der Waals surface area (Å²) in [5, 5.41) is 0. The van der Waals surface area contributed by atoms with Gasteiger partial charge in [0.25, 0.3) is 10.0 Å². The predicted octanol–water partition coefficient (Wildman–Crippen LogP) is 3.38. The molecule has 24 heavy (non-hydrogen) atoms. The molecule has 1 heterocycles. The topological polar surface area (TPSA) is 57.7 Å². The molecule has 8 heteroatoms. The Bertz CT molecular complexity index is 833. The third kappa shape index (κ3) is 3.97. The Hall–Kier alpha value is -1.41. The number of likely N-dealkylation sites (N-methyl/N-ethyl adjacent to an activating group) is 2. The molecule has 0 spiro atoms. The summed E-state index contributed by atoms with van der Waals surface area (Å²) < 4.78 is 26.6. The van der Waals surface area contributed by atoms with Gasteiger partial charge >= 0.3 is 0 Å². The molecule has 0 unspecified atom stereocenters. The zero-order chi connectivity index (χ0) is 17.9. The van der Waals surface area contributed by atoms with Gasteiger partial charge < -0.3 is 4.90 Å². The van der Waals surface area contributed by atoms with Crippen LogP contribution in [-0.2, 0) is 14.8 Å². The minimum absolute atomic E-state index is 0.127. The Morgan fingerprint density at radius 2 is 1.88 bits per heavy atom. The average Bonchev–Trinajstić information content (AvgIpc) is 2.97. The molecular formula is C16H19ClN2O3S2. The van der Waals surface area contributed by atoms with Crippen molar-refractivity contribution in [2.24, 2.45) is 0 Å². The van der Waals surface area contributed by atoms with Crippen molar-refractivity contribution in [3.8, 4) is 0 Å². The highest BCUT2D eigenvalue weighted by atomic mass is 35.5. The molecule has 0 atom stereocenters. The number of carbonyl (C=O) groups is 1. The van der Waals surface area contributed by atoms with Gasteiger partial charge in [-0.3, -0.25) is 4.79 Å². The van der Waals surface area contributed by atoms with E-state index in [-0.39, 0.29) is 16.7 Å². The van der Waals surface area contributed by atoms with E-state index < -0.39 is 10.0 Å². The van der Waals surface area contributed by atoms with Gasteiger partial charge in [-0.1, -0.05) is 29.8 Å². The highest BCUT2D eigenvalue weighted by molar-refractivity contribution is 7.91. The lowest BCUT2D eigenvalue weighted by Crippen LogP contribution is -2.41. The third-order valence-corrected chi connectivity index (χ3v) is 7.10. The number of amides is 1. The Balaban J connectivity index is 2.20. The van der Waals surface area contributed by atoms with Gasteiger partial charge in [-0.25, -0.2) is 8.42 Å². The van der Waals surface area contributed by atoms with E-state index >= 15 is 0 Å². The lowest BCUT2D eigenvalue weighted by atomic mass is 10.2. The zero-order valence-corrected chi connectivity index (χ0v) is 16.1. The zero-order valence-electron chi connectivity index (χ0n) is 13.7. The fraction of sp³-hybridized carbons (Fsp3) is 0.312. The van der Waals surface area contributed by atoms with Gasteiger partial charge in [0.05, 0.1) is 10.9 Å². The molecule has 1 amide bonds. The molecule has 5 nitrogen and oxygen atoms in total. The maximum absolute atomic E-state index is 12.6. The Morgan fingerprint density at radius 1 is 1.21 bits per heavy atom. The number of thiophene rings is 1. The first-order valence-corrected chi connectivity index (χ1v) is 9.98. The molecule has 0 aliphatic carbocycles. The van der Waals surface area contributed by atoms with Crippen LogP contribution < -0.4 is 4.90 Å². The van der Waals surface area contributed by atoms with Gasteiger partial charge in [-0.05, 0) is 37.6 Å². The van der Waals surface area contributed by atoms with Crippen molar-refractivity contribution in [2.75, 3.05) is 25.0 Å². The SMILES string of the molecule is CCN(C(=O)CN(C)S(=O)(=O)c1ccc(Cl)s1)c1ccccc1C. The fourth-order valence-electron chi connectivity index (χ4n) is 2.30. The average molecular weight is 387 g/mol. The van der Waals surface area contributed by atoms with Gasteiger partial charge in [0.15, 0.2) is 0 Å². The molecule has 2 aromatic rings. The van der Waals surface area contributed by atoms with Crippen LogP contribution in [0.1, 0.15) is 12.5 Å². The molecule has 2 rings (SSSR count). The van der Waals surface area contributed by atoms with Gasteiger partial charge in [0.2, 0.25) is 5.91 Å². The number of nitrogens with zero attached hydrogens (tertiary/aromatic N) is 2. The van der Waals surface area contributed by atoms with E-state index in [1.54, 1.807) is 4.90 Å². The number of aryl methyl sites for hydroxylation is 1. The smallest absolute Gasteiger partial charge is 0.252 e. The van der Waals surface area contributed by atoms with Gasteiger partial charge in [-0.15, -0.1) is 11.3 Å².